The first-order chi connectivity index (χ1) is 12.5. The van der Waals surface area contributed by atoms with Gasteiger partial charge in [0.15, 0.2) is 5.82 Å². The van der Waals surface area contributed by atoms with Crippen molar-refractivity contribution in [2.75, 3.05) is 42.2 Å². The van der Waals surface area contributed by atoms with E-state index in [1.54, 1.807) is 12.1 Å². The quantitative estimate of drug-likeness (QED) is 0.606. The summed E-state index contributed by atoms with van der Waals surface area (Å²) < 4.78 is 0. The number of rotatable bonds is 5. The van der Waals surface area contributed by atoms with Crippen molar-refractivity contribution >= 4 is 22.9 Å². The molecule has 1 saturated heterocycles. The van der Waals surface area contributed by atoms with E-state index in [2.05, 4.69) is 23.2 Å². The first-order valence-electron chi connectivity index (χ1n) is 9.27. The Morgan fingerprint density at radius 2 is 1.96 bits per heavy atom. The summed E-state index contributed by atoms with van der Waals surface area (Å²) >= 11 is 0. The number of nitrogens with one attached hydrogen (secondary N) is 1. The van der Waals surface area contributed by atoms with Gasteiger partial charge in [-0.1, -0.05) is 13.3 Å². The van der Waals surface area contributed by atoms with Crippen LogP contribution in [0.4, 0.5) is 22.9 Å². The summed E-state index contributed by atoms with van der Waals surface area (Å²) in [6.07, 6.45) is 4.21. The number of nitrogens with two attached hydrogens (primary N) is 3. The topological polar surface area (TPSA) is 119 Å². The Labute approximate surface area is 155 Å². The standard InChI is InChI=1S/C19H29N7/c1-3-5-12-10-16(26-9-4-6-13(11-26)23-2)25-19(24-12)17-14(20)7-8-15(21)18(17)22/h7-8,10,13,23H,3-6,9,11,20-22H2,1-2H3. The van der Waals surface area contributed by atoms with Crippen LogP contribution in [0.2, 0.25) is 0 Å². The minimum Gasteiger partial charge on any atom is -0.398 e. The van der Waals surface area contributed by atoms with E-state index in [0.29, 0.717) is 34.5 Å². The molecule has 0 amide bonds. The zero-order valence-electron chi connectivity index (χ0n) is 15.6. The van der Waals surface area contributed by atoms with Crippen molar-refractivity contribution in [1.82, 2.24) is 15.3 Å². The minimum absolute atomic E-state index is 0.441. The fraction of sp³-hybridized carbons (Fsp3) is 0.474. The largest absolute Gasteiger partial charge is 0.398 e. The van der Waals surface area contributed by atoms with Crippen LogP contribution >= 0.6 is 0 Å². The summed E-state index contributed by atoms with van der Waals surface area (Å²) in [5.41, 5.74) is 21.5. The minimum atomic E-state index is 0.441. The van der Waals surface area contributed by atoms with Crippen LogP contribution in [0, 0.1) is 0 Å². The molecule has 2 aromatic rings. The maximum absolute atomic E-state index is 6.20. The lowest BCUT2D eigenvalue weighted by atomic mass is 10.1. The summed E-state index contributed by atoms with van der Waals surface area (Å²) in [5.74, 6) is 1.49. The molecule has 7 heteroatoms. The Morgan fingerprint density at radius 1 is 1.19 bits per heavy atom. The average molecular weight is 355 g/mol. The second-order valence-electron chi connectivity index (χ2n) is 6.90. The lowest BCUT2D eigenvalue weighted by Crippen LogP contribution is -2.44. The summed E-state index contributed by atoms with van der Waals surface area (Å²) in [6.45, 7) is 4.06. The monoisotopic (exact) mass is 355 g/mol. The number of hydrogen-bond acceptors (Lipinski definition) is 7. The predicted octanol–water partition coefficient (Wildman–Crippen LogP) is 2.03. The molecule has 0 saturated carbocycles. The van der Waals surface area contributed by atoms with Gasteiger partial charge in [-0.25, -0.2) is 9.97 Å². The fourth-order valence-corrected chi connectivity index (χ4v) is 3.46. The third-order valence-electron chi connectivity index (χ3n) is 4.96. The van der Waals surface area contributed by atoms with Crippen LogP contribution in [-0.2, 0) is 6.42 Å². The molecule has 0 spiro atoms. The van der Waals surface area contributed by atoms with Crippen LogP contribution in [0.1, 0.15) is 31.9 Å². The molecule has 1 fully saturated rings. The van der Waals surface area contributed by atoms with Crippen LogP contribution in [-0.4, -0.2) is 36.1 Å². The van der Waals surface area contributed by atoms with Gasteiger partial charge in [-0.2, -0.15) is 0 Å². The molecule has 1 aromatic carbocycles. The highest BCUT2D eigenvalue weighted by molar-refractivity contribution is 5.90. The van der Waals surface area contributed by atoms with Gasteiger partial charge in [-0.3, -0.25) is 0 Å². The summed E-state index contributed by atoms with van der Waals surface area (Å²) in [5, 5.41) is 3.37. The van der Waals surface area contributed by atoms with Crippen molar-refractivity contribution in [3.05, 3.63) is 23.9 Å². The first kappa shape index (κ1) is 18.3. The number of hydrogen-bond donors (Lipinski definition) is 4. The lowest BCUT2D eigenvalue weighted by Gasteiger charge is -2.33. The summed E-state index contributed by atoms with van der Waals surface area (Å²) in [4.78, 5) is 11.8. The number of aryl methyl sites for hydroxylation is 1. The maximum atomic E-state index is 6.20. The number of anilines is 4. The third-order valence-corrected chi connectivity index (χ3v) is 4.96. The molecule has 2 heterocycles. The number of nitrogens with zero attached hydrogens (tertiary/aromatic N) is 3. The molecule has 0 radical (unpaired) electrons. The van der Waals surface area contributed by atoms with Gasteiger partial charge in [0.1, 0.15) is 5.82 Å². The van der Waals surface area contributed by atoms with Gasteiger partial charge < -0.3 is 27.4 Å². The van der Waals surface area contributed by atoms with Crippen molar-refractivity contribution in [2.45, 2.75) is 38.6 Å². The SMILES string of the molecule is CCCc1cc(N2CCCC(NC)C2)nc(-c2c(N)ccc(N)c2N)n1. The first-order valence-corrected chi connectivity index (χ1v) is 9.27. The average Bonchev–Trinajstić information content (AvgIpc) is 2.65. The normalized spacial score (nSPS) is 17.5. The van der Waals surface area contributed by atoms with Gasteiger partial charge in [0, 0.05) is 36.6 Å². The Balaban J connectivity index is 2.06. The van der Waals surface area contributed by atoms with E-state index in [1.807, 2.05) is 7.05 Å². The number of aromatic nitrogens is 2. The van der Waals surface area contributed by atoms with Crippen LogP contribution in [0.5, 0.6) is 0 Å². The molecule has 0 bridgehead atoms. The Bertz CT molecular complexity index is 775. The van der Waals surface area contributed by atoms with E-state index < -0.39 is 0 Å². The van der Waals surface area contributed by atoms with Crippen molar-refractivity contribution < 1.29 is 0 Å². The van der Waals surface area contributed by atoms with Crippen molar-refractivity contribution in [2.24, 2.45) is 0 Å². The number of piperidine rings is 1. The molecular weight excluding hydrogens is 326 g/mol. The molecule has 0 aliphatic carbocycles. The Morgan fingerprint density at radius 3 is 2.69 bits per heavy atom. The highest BCUT2D eigenvalue weighted by atomic mass is 15.2. The van der Waals surface area contributed by atoms with Crippen LogP contribution in [0.3, 0.4) is 0 Å². The Kier molecular flexibility index (Phi) is 5.46. The molecule has 1 atom stereocenters. The molecule has 140 valence electrons. The second-order valence-corrected chi connectivity index (χ2v) is 6.90. The van der Waals surface area contributed by atoms with Crippen LogP contribution < -0.4 is 27.4 Å². The van der Waals surface area contributed by atoms with Gasteiger partial charge in [0.05, 0.1) is 16.9 Å². The van der Waals surface area contributed by atoms with Gasteiger partial charge in [-0.15, -0.1) is 0 Å². The van der Waals surface area contributed by atoms with E-state index in [9.17, 15) is 0 Å². The van der Waals surface area contributed by atoms with E-state index in [-0.39, 0.29) is 0 Å². The molecule has 26 heavy (non-hydrogen) atoms. The molecule has 1 unspecified atom stereocenters. The second kappa shape index (κ2) is 7.78. The molecule has 1 aliphatic rings. The van der Waals surface area contributed by atoms with E-state index in [4.69, 9.17) is 27.2 Å². The molecule has 7 N–H and O–H groups in total. The third kappa shape index (κ3) is 3.67. The van der Waals surface area contributed by atoms with E-state index >= 15 is 0 Å². The fourth-order valence-electron chi connectivity index (χ4n) is 3.46. The lowest BCUT2D eigenvalue weighted by molar-refractivity contribution is 0.447. The highest BCUT2D eigenvalue weighted by Crippen LogP contribution is 2.35. The highest BCUT2D eigenvalue weighted by Gasteiger charge is 2.22. The number of likely N-dealkylation sites (N-methyl/N-ethyl adjacent to an activating group) is 1. The molecule has 1 aliphatic heterocycles. The number of nitrogen functional groups attached to an aromatic ring is 3. The predicted molar refractivity (Wildman–Crippen MR) is 109 cm³/mol. The van der Waals surface area contributed by atoms with Gasteiger partial charge in [-0.05, 0) is 38.4 Å². The zero-order chi connectivity index (χ0) is 18.7. The van der Waals surface area contributed by atoms with Crippen molar-refractivity contribution in [3.63, 3.8) is 0 Å². The molecule has 7 nitrogen and oxygen atoms in total. The van der Waals surface area contributed by atoms with Gasteiger partial charge in [0.25, 0.3) is 0 Å². The van der Waals surface area contributed by atoms with Crippen LogP contribution in [0.15, 0.2) is 18.2 Å². The summed E-state index contributed by atoms with van der Waals surface area (Å²) in [7, 11) is 2.01. The van der Waals surface area contributed by atoms with Gasteiger partial charge >= 0.3 is 0 Å². The molecular formula is C19H29N7. The van der Waals surface area contributed by atoms with Crippen LogP contribution in [0.25, 0.3) is 11.4 Å². The van der Waals surface area contributed by atoms with E-state index in [0.717, 1.165) is 43.9 Å². The van der Waals surface area contributed by atoms with Gasteiger partial charge in [0.2, 0.25) is 0 Å². The zero-order valence-corrected chi connectivity index (χ0v) is 15.6. The Hall–Kier alpha value is -2.54. The summed E-state index contributed by atoms with van der Waals surface area (Å²) in [6, 6.07) is 6.03. The van der Waals surface area contributed by atoms with Crippen molar-refractivity contribution in [3.8, 4) is 11.4 Å². The smallest absolute Gasteiger partial charge is 0.166 e. The molecule has 3 rings (SSSR count). The molecule has 1 aromatic heterocycles. The maximum Gasteiger partial charge on any atom is 0.166 e. The van der Waals surface area contributed by atoms with Crippen molar-refractivity contribution in [1.29, 1.82) is 0 Å². The number of benzene rings is 1. The van der Waals surface area contributed by atoms with E-state index in [1.165, 1.54) is 6.42 Å².